The average Bonchev–Trinajstić information content (AvgIpc) is 4.48. The third-order valence-corrected chi connectivity index (χ3v) is 14.7. The first-order valence-electron chi connectivity index (χ1n) is 28.8. The van der Waals surface area contributed by atoms with Crippen molar-refractivity contribution in [2.24, 2.45) is 34.0 Å². The van der Waals surface area contributed by atoms with E-state index < -0.39 is 114 Å². The number of nitrogens with zero attached hydrogens (tertiary/aromatic N) is 4. The van der Waals surface area contributed by atoms with Gasteiger partial charge in [0.05, 0.1) is 19.0 Å². The van der Waals surface area contributed by atoms with Crippen LogP contribution in [0.3, 0.4) is 0 Å². The molecule has 2 aromatic carbocycles. The van der Waals surface area contributed by atoms with E-state index in [1.807, 2.05) is 20.8 Å². The second-order valence-corrected chi connectivity index (χ2v) is 22.1. The van der Waals surface area contributed by atoms with Crippen molar-refractivity contribution in [1.82, 2.24) is 51.7 Å². The molecule has 0 saturated carbocycles. The van der Waals surface area contributed by atoms with E-state index in [9.17, 15) is 58.2 Å². The van der Waals surface area contributed by atoms with Crippen molar-refractivity contribution in [1.29, 1.82) is 0 Å². The van der Waals surface area contributed by atoms with Crippen LogP contribution in [0.15, 0.2) is 72.1 Å². The molecule has 0 bridgehead atoms. The molecule has 15 N–H and O–H groups in total. The normalized spacial score (nSPS) is 17.4. The number of rotatable bonds is 32. The maximum atomic E-state index is 14.4. The predicted molar refractivity (Wildman–Crippen MR) is 310 cm³/mol. The number of nitrogens with one attached hydrogen (secondary N) is 7. The number of carboxylic acid groups (broad SMARTS) is 1. The number of unbranched alkanes of at least 4 members (excludes halogenated alkanes) is 1. The zero-order chi connectivity index (χ0) is 61.6. The summed E-state index contributed by atoms with van der Waals surface area (Å²) in [6, 6.07) is 3.86. The number of benzene rings is 2. The Balaban J connectivity index is 1.27. The number of carbonyl (C=O) groups excluding carboxylic acids is 9. The lowest BCUT2D eigenvalue weighted by Crippen LogP contribution is -2.61. The SMILES string of the molecule is CCCC[C@H](N)C(=O)N1CCC[C@H]1C(=O)N[C@@H](CC(C)C)C(=O)N[C@@H](Cc1cnc[nH]1)C(=O)N[C@@H](CO)C(=O)N[C@@H](CCCN=C(N)N)C(=O)N[C@H](C(=O)N1CCC[C@H]1C(=O)N[C@@H](Cc1ccc(C(=O)c2ccccc2)cc1)C(=O)O)C(C)C. The molecule has 9 atom stereocenters. The van der Waals surface area contributed by atoms with Gasteiger partial charge < -0.3 is 74.1 Å². The van der Waals surface area contributed by atoms with E-state index in [4.69, 9.17) is 17.2 Å². The van der Waals surface area contributed by atoms with Gasteiger partial charge in [0.25, 0.3) is 0 Å². The number of hydrogen-bond donors (Lipinski definition) is 12. The predicted octanol–water partition coefficient (Wildman–Crippen LogP) is -0.333. The number of nitrogens with two attached hydrogens (primary N) is 3. The molecule has 5 rings (SSSR count). The van der Waals surface area contributed by atoms with Crippen LogP contribution in [-0.2, 0) is 56.0 Å². The van der Waals surface area contributed by atoms with Gasteiger partial charge in [-0.2, -0.15) is 0 Å². The number of likely N-dealkylation sites (tertiary alicyclic amines) is 2. The summed E-state index contributed by atoms with van der Waals surface area (Å²) in [5.74, 6) is -8.32. The number of aromatic nitrogens is 2. The van der Waals surface area contributed by atoms with Gasteiger partial charge in [0.2, 0.25) is 47.3 Å². The molecule has 8 amide bonds. The first kappa shape index (κ1) is 66.5. The second-order valence-electron chi connectivity index (χ2n) is 22.1. The van der Waals surface area contributed by atoms with Crippen LogP contribution in [0, 0.1) is 11.8 Å². The Morgan fingerprint density at radius 1 is 0.679 bits per heavy atom. The lowest BCUT2D eigenvalue weighted by molar-refractivity contribution is -0.145. The van der Waals surface area contributed by atoms with Crippen molar-refractivity contribution in [2.45, 2.75) is 166 Å². The van der Waals surface area contributed by atoms with Crippen molar-refractivity contribution in [2.75, 3.05) is 26.2 Å². The van der Waals surface area contributed by atoms with Crippen LogP contribution < -0.4 is 49.1 Å². The molecular weight excluding hydrogens is 1080 g/mol. The van der Waals surface area contributed by atoms with E-state index in [0.717, 1.165) is 12.8 Å². The number of ketones is 1. The highest BCUT2D eigenvalue weighted by Crippen LogP contribution is 2.23. The van der Waals surface area contributed by atoms with Crippen LogP contribution in [-0.4, -0.2) is 176 Å². The Bertz CT molecular complexity index is 2760. The Labute approximate surface area is 489 Å². The summed E-state index contributed by atoms with van der Waals surface area (Å²) in [5.41, 5.74) is 19.1. The maximum Gasteiger partial charge on any atom is 0.326 e. The van der Waals surface area contributed by atoms with Crippen LogP contribution >= 0.6 is 0 Å². The Kier molecular flexibility index (Phi) is 25.8. The van der Waals surface area contributed by atoms with Gasteiger partial charge in [0.1, 0.15) is 48.3 Å². The maximum absolute atomic E-state index is 14.4. The number of aliphatic hydroxyl groups excluding tert-OH is 1. The Morgan fingerprint density at radius 3 is 1.80 bits per heavy atom. The number of aliphatic carboxylic acids is 1. The summed E-state index contributed by atoms with van der Waals surface area (Å²) < 4.78 is 0. The van der Waals surface area contributed by atoms with Crippen molar-refractivity contribution < 1.29 is 58.2 Å². The Morgan fingerprint density at radius 2 is 1.24 bits per heavy atom. The molecule has 26 nitrogen and oxygen atoms in total. The minimum absolute atomic E-state index is 0.0212. The van der Waals surface area contributed by atoms with Crippen molar-refractivity contribution >= 4 is 65.0 Å². The third kappa shape index (κ3) is 19.4. The van der Waals surface area contributed by atoms with Gasteiger partial charge in [0.15, 0.2) is 11.7 Å². The van der Waals surface area contributed by atoms with Gasteiger partial charge in [-0.05, 0) is 68.8 Å². The number of aliphatic hydroxyl groups is 1. The molecule has 2 saturated heterocycles. The van der Waals surface area contributed by atoms with Crippen LogP contribution in [0.5, 0.6) is 0 Å². The fraction of sp³-hybridized carbons (Fsp3) is 0.552. The number of aliphatic imine (C=N–C) groups is 1. The summed E-state index contributed by atoms with van der Waals surface area (Å²) in [6.45, 7) is 8.45. The molecule has 0 unspecified atom stereocenters. The highest BCUT2D eigenvalue weighted by atomic mass is 16.4. The van der Waals surface area contributed by atoms with E-state index in [-0.39, 0.29) is 75.2 Å². The molecule has 26 heteroatoms. The van der Waals surface area contributed by atoms with Gasteiger partial charge in [-0.1, -0.05) is 102 Å². The van der Waals surface area contributed by atoms with Crippen molar-refractivity contribution in [3.8, 4) is 0 Å². The van der Waals surface area contributed by atoms with Gasteiger partial charge in [-0.15, -0.1) is 0 Å². The number of guanidine groups is 1. The summed E-state index contributed by atoms with van der Waals surface area (Å²) in [5, 5.41) is 36.6. The summed E-state index contributed by atoms with van der Waals surface area (Å²) in [7, 11) is 0. The summed E-state index contributed by atoms with van der Waals surface area (Å²) in [4.78, 5) is 151. The van der Waals surface area contributed by atoms with E-state index in [2.05, 4.69) is 46.9 Å². The second kappa shape index (κ2) is 32.5. The first-order valence-corrected chi connectivity index (χ1v) is 28.8. The van der Waals surface area contributed by atoms with Crippen LogP contribution in [0.1, 0.15) is 126 Å². The lowest BCUT2D eigenvalue weighted by atomic mass is 9.99. The molecule has 458 valence electrons. The standard InChI is InChI=1S/C58H84N14O12/c1-6-7-16-39(59)55(81)71-25-12-18-45(71)53(79)67-41(27-33(2)3)50(76)66-42(29-38-30-62-32-64-38)51(77)69-44(31-73)52(78)65-40(17-11-24-63-58(60)61)49(75)70-47(34(4)5)56(82)72-26-13-19-46(72)54(80)68-43(57(83)84)28-35-20-22-37(23-21-35)48(74)36-14-9-8-10-15-36/h8-10,14-15,20-23,30,32-34,39-47,73H,6-7,11-13,16-19,24-29,31,59H2,1-5H3,(H,62,64)(H,65,78)(H,66,76)(H,67,79)(H,68,80)(H,69,77)(H,70,75)(H,83,84)(H4,60,61,63)/t39-,40-,41-,42-,43-,44-,45-,46-,47-/m0/s1. The van der Waals surface area contributed by atoms with Gasteiger partial charge in [-0.25, -0.2) is 9.78 Å². The number of aromatic amines is 1. The number of amides is 8. The monoisotopic (exact) mass is 1170 g/mol. The summed E-state index contributed by atoms with van der Waals surface area (Å²) in [6.07, 6.45) is 6.14. The molecule has 0 radical (unpaired) electrons. The minimum atomic E-state index is -1.71. The van der Waals surface area contributed by atoms with Gasteiger partial charge in [-0.3, -0.25) is 48.1 Å². The number of imidazole rings is 1. The number of carbonyl (C=O) groups is 10. The first-order chi connectivity index (χ1) is 40.0. The largest absolute Gasteiger partial charge is 0.480 e. The molecule has 1 aromatic heterocycles. The van der Waals surface area contributed by atoms with Crippen LogP contribution in [0.2, 0.25) is 0 Å². The highest BCUT2D eigenvalue weighted by Gasteiger charge is 2.42. The van der Waals surface area contributed by atoms with E-state index in [0.29, 0.717) is 54.6 Å². The molecule has 0 aliphatic carbocycles. The number of H-pyrrole nitrogens is 1. The molecular formula is C58H84N14O12. The molecule has 3 aromatic rings. The van der Waals surface area contributed by atoms with Crippen molar-refractivity contribution in [3.05, 3.63) is 89.5 Å². The van der Waals surface area contributed by atoms with Crippen LogP contribution in [0.25, 0.3) is 0 Å². The lowest BCUT2D eigenvalue weighted by Gasteiger charge is -2.32. The molecule has 2 fully saturated rings. The molecule has 0 spiro atoms. The highest BCUT2D eigenvalue weighted by molar-refractivity contribution is 6.09. The molecule has 3 heterocycles. The number of hydrogen-bond acceptors (Lipinski definition) is 14. The van der Waals surface area contributed by atoms with Crippen molar-refractivity contribution in [3.63, 3.8) is 0 Å². The topological polar surface area (TPSA) is 409 Å². The number of carboxylic acids is 1. The average molecular weight is 1170 g/mol. The summed E-state index contributed by atoms with van der Waals surface area (Å²) >= 11 is 0. The minimum Gasteiger partial charge on any atom is -0.480 e. The molecule has 84 heavy (non-hydrogen) atoms. The van der Waals surface area contributed by atoms with E-state index in [1.165, 1.54) is 22.3 Å². The van der Waals surface area contributed by atoms with E-state index >= 15 is 0 Å². The zero-order valence-electron chi connectivity index (χ0n) is 48.5. The third-order valence-electron chi connectivity index (χ3n) is 14.7. The molecule has 2 aliphatic rings. The zero-order valence-corrected chi connectivity index (χ0v) is 48.5. The van der Waals surface area contributed by atoms with E-state index in [1.54, 1.807) is 68.4 Å². The smallest absolute Gasteiger partial charge is 0.326 e. The van der Waals surface area contributed by atoms with Gasteiger partial charge >= 0.3 is 5.97 Å². The fourth-order valence-corrected chi connectivity index (χ4v) is 10.1. The van der Waals surface area contributed by atoms with Crippen LogP contribution in [0.4, 0.5) is 0 Å². The molecule has 2 aliphatic heterocycles. The quantitative estimate of drug-likeness (QED) is 0.0165. The fourth-order valence-electron chi connectivity index (χ4n) is 10.1. The van der Waals surface area contributed by atoms with Gasteiger partial charge in [0, 0.05) is 55.5 Å². The Hall–Kier alpha value is -8.26.